The van der Waals surface area contributed by atoms with Gasteiger partial charge in [0.05, 0.1) is 18.9 Å². The summed E-state index contributed by atoms with van der Waals surface area (Å²) in [6.45, 7) is 0. The van der Waals surface area contributed by atoms with Crippen LogP contribution in [0.3, 0.4) is 0 Å². The van der Waals surface area contributed by atoms with E-state index in [-0.39, 0.29) is 0 Å². The Labute approximate surface area is 77.8 Å². The number of methoxy groups -OCH3 is 1. The Morgan fingerprint density at radius 2 is 2.31 bits per heavy atom. The third-order valence-corrected chi connectivity index (χ3v) is 1.42. The van der Waals surface area contributed by atoms with Gasteiger partial charge in [-0.3, -0.25) is 0 Å². The van der Waals surface area contributed by atoms with Crippen LogP contribution in [0, 0.1) is 0 Å². The lowest BCUT2D eigenvalue weighted by Crippen LogP contribution is -2.02. The topological polar surface area (TPSA) is 37.7 Å². The Balaban J connectivity index is 2.87. The van der Waals surface area contributed by atoms with E-state index in [1.54, 1.807) is 24.5 Å². The highest BCUT2D eigenvalue weighted by Crippen LogP contribution is 2.10. The molecule has 0 atom stereocenters. The van der Waals surface area contributed by atoms with Gasteiger partial charge in [0.25, 0.3) is 0 Å². The highest BCUT2D eigenvalue weighted by Gasteiger charge is 1.98. The lowest BCUT2D eigenvalue weighted by molar-refractivity contribution is 0.396. The summed E-state index contributed by atoms with van der Waals surface area (Å²) < 4.78 is 5.06. The number of rotatable bonds is 3. The summed E-state index contributed by atoms with van der Waals surface area (Å²) in [4.78, 5) is 4.04. The Kier molecular flexibility index (Phi) is 3.25. The Hall–Kier alpha value is -1.58. The number of hydrogen-bond acceptors (Lipinski definition) is 4. The number of hydrazone groups is 1. The first-order chi connectivity index (χ1) is 6.24. The van der Waals surface area contributed by atoms with E-state index < -0.39 is 0 Å². The summed E-state index contributed by atoms with van der Waals surface area (Å²) in [6.07, 6.45) is 3.40. The van der Waals surface area contributed by atoms with Crippen LogP contribution in [0.15, 0.2) is 23.4 Å². The Bertz CT molecular complexity index is 297. The second kappa shape index (κ2) is 4.45. The molecule has 0 saturated carbocycles. The van der Waals surface area contributed by atoms with Crippen LogP contribution in [-0.4, -0.2) is 37.4 Å². The van der Waals surface area contributed by atoms with Gasteiger partial charge in [-0.1, -0.05) is 0 Å². The van der Waals surface area contributed by atoms with Crippen molar-refractivity contribution in [2.24, 2.45) is 5.10 Å². The molecule has 0 aliphatic rings. The number of ether oxygens (including phenoxy) is 1. The first-order valence-electron chi connectivity index (χ1n) is 3.94. The fourth-order valence-corrected chi connectivity index (χ4v) is 0.850. The quantitative estimate of drug-likeness (QED) is 0.513. The summed E-state index contributed by atoms with van der Waals surface area (Å²) in [5.41, 5.74) is 0.874. The molecule has 0 saturated heterocycles. The van der Waals surface area contributed by atoms with Crippen LogP contribution < -0.4 is 4.74 Å². The van der Waals surface area contributed by atoms with Gasteiger partial charge in [-0.2, -0.15) is 5.10 Å². The summed E-state index contributed by atoms with van der Waals surface area (Å²) >= 11 is 0. The minimum Gasteiger partial charge on any atom is -0.481 e. The fraction of sp³-hybridized carbons (Fsp3) is 0.333. The van der Waals surface area contributed by atoms with Crippen LogP contribution in [0.5, 0.6) is 5.88 Å². The molecule has 70 valence electrons. The maximum absolute atomic E-state index is 5.06. The molecule has 0 aliphatic heterocycles. The van der Waals surface area contributed by atoms with Crippen molar-refractivity contribution in [1.29, 1.82) is 0 Å². The molecule has 0 spiro atoms. The third-order valence-electron chi connectivity index (χ3n) is 1.42. The van der Waals surface area contributed by atoms with Gasteiger partial charge in [-0.05, 0) is 12.1 Å². The van der Waals surface area contributed by atoms with E-state index in [0.717, 1.165) is 5.56 Å². The third kappa shape index (κ3) is 2.74. The van der Waals surface area contributed by atoms with Crippen molar-refractivity contribution >= 4 is 6.21 Å². The van der Waals surface area contributed by atoms with Gasteiger partial charge < -0.3 is 9.75 Å². The predicted molar refractivity (Wildman–Crippen MR) is 52.1 cm³/mol. The van der Waals surface area contributed by atoms with E-state index in [1.807, 2.05) is 26.2 Å². The maximum Gasteiger partial charge on any atom is 0.222 e. The van der Waals surface area contributed by atoms with Gasteiger partial charge in [-0.15, -0.1) is 0 Å². The van der Waals surface area contributed by atoms with Crippen LogP contribution in [0.2, 0.25) is 0 Å². The molecule has 4 nitrogen and oxygen atoms in total. The molecule has 0 amide bonds. The van der Waals surface area contributed by atoms with Crippen molar-refractivity contribution in [2.45, 2.75) is 0 Å². The van der Waals surface area contributed by atoms with Crippen LogP contribution in [-0.2, 0) is 0 Å². The maximum atomic E-state index is 5.06. The highest BCUT2D eigenvalue weighted by molar-refractivity contribution is 5.82. The van der Waals surface area contributed by atoms with E-state index in [4.69, 9.17) is 4.74 Å². The summed E-state index contributed by atoms with van der Waals surface area (Å²) in [7, 11) is 5.31. The molecular weight excluding hydrogens is 166 g/mol. The van der Waals surface area contributed by atoms with Crippen LogP contribution in [0.1, 0.15) is 5.56 Å². The monoisotopic (exact) mass is 179 g/mol. The van der Waals surface area contributed by atoms with E-state index in [1.165, 1.54) is 0 Å². The first-order valence-corrected chi connectivity index (χ1v) is 3.94. The molecule has 1 rings (SSSR count). The average Bonchev–Trinajstić information content (AvgIpc) is 2.15. The van der Waals surface area contributed by atoms with E-state index >= 15 is 0 Å². The average molecular weight is 179 g/mol. The van der Waals surface area contributed by atoms with Crippen LogP contribution in [0.4, 0.5) is 0 Å². The summed E-state index contributed by atoms with van der Waals surface area (Å²) in [5.74, 6) is 0.591. The van der Waals surface area contributed by atoms with Gasteiger partial charge in [0, 0.05) is 20.3 Å². The number of hydrogen-bond donors (Lipinski definition) is 0. The zero-order valence-electron chi connectivity index (χ0n) is 8.06. The molecule has 0 aromatic carbocycles. The summed E-state index contributed by atoms with van der Waals surface area (Å²) in [6, 6.07) is 3.75. The molecule has 1 heterocycles. The van der Waals surface area contributed by atoms with Crippen molar-refractivity contribution in [3.63, 3.8) is 0 Å². The zero-order valence-corrected chi connectivity index (χ0v) is 8.06. The van der Waals surface area contributed by atoms with E-state index in [0.29, 0.717) is 5.88 Å². The molecule has 0 bridgehead atoms. The lowest BCUT2D eigenvalue weighted by atomic mass is 10.3. The Morgan fingerprint density at radius 1 is 1.54 bits per heavy atom. The number of aromatic nitrogens is 1. The number of nitrogens with zero attached hydrogens (tertiary/aromatic N) is 3. The van der Waals surface area contributed by atoms with E-state index in [2.05, 4.69) is 10.1 Å². The highest BCUT2D eigenvalue weighted by atomic mass is 16.5. The molecule has 1 aromatic heterocycles. The van der Waals surface area contributed by atoms with Gasteiger partial charge in [0.1, 0.15) is 0 Å². The van der Waals surface area contributed by atoms with Gasteiger partial charge in [0.2, 0.25) is 5.88 Å². The van der Waals surface area contributed by atoms with Gasteiger partial charge >= 0.3 is 0 Å². The second-order valence-electron chi connectivity index (χ2n) is 2.69. The standard InChI is InChI=1S/C9H13N3O/c1-12(2)11-7-8-5-4-6-10-9(8)13-3/h4-7H,1-3H3. The van der Waals surface area contributed by atoms with Gasteiger partial charge in [-0.25, -0.2) is 4.98 Å². The minimum absolute atomic E-state index is 0.591. The van der Waals surface area contributed by atoms with Crippen LogP contribution in [0.25, 0.3) is 0 Å². The largest absolute Gasteiger partial charge is 0.481 e. The van der Waals surface area contributed by atoms with Crippen molar-refractivity contribution < 1.29 is 4.74 Å². The van der Waals surface area contributed by atoms with Gasteiger partial charge in [0.15, 0.2) is 0 Å². The molecule has 4 heteroatoms. The second-order valence-corrected chi connectivity index (χ2v) is 2.69. The SMILES string of the molecule is COc1ncccc1C=NN(C)C. The molecule has 0 fully saturated rings. The fourth-order valence-electron chi connectivity index (χ4n) is 0.850. The Morgan fingerprint density at radius 3 is 2.92 bits per heavy atom. The zero-order chi connectivity index (χ0) is 9.68. The van der Waals surface area contributed by atoms with Crippen molar-refractivity contribution in [1.82, 2.24) is 9.99 Å². The molecular formula is C9H13N3O. The first kappa shape index (κ1) is 9.51. The molecule has 1 aromatic rings. The summed E-state index contributed by atoms with van der Waals surface area (Å²) in [5, 5.41) is 5.81. The molecule has 0 N–H and O–H groups in total. The smallest absolute Gasteiger partial charge is 0.222 e. The van der Waals surface area contributed by atoms with Crippen LogP contribution >= 0.6 is 0 Å². The van der Waals surface area contributed by atoms with Crippen molar-refractivity contribution in [3.05, 3.63) is 23.9 Å². The van der Waals surface area contributed by atoms with E-state index in [9.17, 15) is 0 Å². The molecule has 0 aliphatic carbocycles. The minimum atomic E-state index is 0.591. The van der Waals surface area contributed by atoms with Crippen molar-refractivity contribution in [2.75, 3.05) is 21.2 Å². The predicted octanol–water partition coefficient (Wildman–Crippen LogP) is 0.986. The lowest BCUT2D eigenvalue weighted by Gasteiger charge is -2.04. The number of pyridine rings is 1. The molecule has 0 radical (unpaired) electrons. The van der Waals surface area contributed by atoms with Crippen molar-refractivity contribution in [3.8, 4) is 5.88 Å². The normalized spacial score (nSPS) is 10.4. The molecule has 13 heavy (non-hydrogen) atoms. The molecule has 0 unspecified atom stereocenters.